The molecule has 0 atom stereocenters. The molecular formula is C32H31F3N8O2. The number of aryl methyl sites for hydroxylation is 2. The second-order valence-electron chi connectivity index (χ2n) is 11.1. The first-order valence-corrected chi connectivity index (χ1v) is 14.4. The molecule has 1 aliphatic rings. The summed E-state index contributed by atoms with van der Waals surface area (Å²) in [5.41, 5.74) is 2.06. The SMILES string of the molecule is Cc1ccc(Oc2nc(-c3ccncc3)nc3c2ncn3C)cc1NC(=O)c1ccc(CN2CCN(C)CC2)c(C(F)(F)F)c1. The third-order valence-corrected chi connectivity index (χ3v) is 7.81. The molecule has 2 aromatic carbocycles. The van der Waals surface area contributed by atoms with Gasteiger partial charge in [-0.25, -0.2) is 9.97 Å². The normalized spacial score (nSPS) is 14.5. The molecule has 1 fully saturated rings. The topological polar surface area (TPSA) is 101 Å². The van der Waals surface area contributed by atoms with Crippen LogP contribution in [0.25, 0.3) is 22.6 Å². The van der Waals surface area contributed by atoms with E-state index < -0.39 is 17.6 Å². The number of alkyl halides is 3. The van der Waals surface area contributed by atoms with Crippen LogP contribution in [0.5, 0.6) is 11.6 Å². The lowest BCUT2D eigenvalue weighted by molar-refractivity contribution is -0.138. The van der Waals surface area contributed by atoms with Crippen LogP contribution >= 0.6 is 0 Å². The Morgan fingerprint density at radius 1 is 0.978 bits per heavy atom. The van der Waals surface area contributed by atoms with E-state index in [1.807, 2.05) is 19.0 Å². The number of pyridine rings is 1. The quantitative estimate of drug-likeness (QED) is 0.254. The molecule has 13 heteroatoms. The highest BCUT2D eigenvalue weighted by Crippen LogP contribution is 2.35. The fraction of sp³-hybridized carbons (Fsp3) is 0.281. The van der Waals surface area contributed by atoms with E-state index in [0.717, 1.165) is 24.7 Å². The van der Waals surface area contributed by atoms with E-state index in [0.29, 0.717) is 47.1 Å². The minimum absolute atomic E-state index is 0.0943. The zero-order chi connectivity index (χ0) is 31.7. The molecule has 1 aliphatic heterocycles. The van der Waals surface area contributed by atoms with Crippen molar-refractivity contribution in [2.75, 3.05) is 38.5 Å². The summed E-state index contributed by atoms with van der Waals surface area (Å²) in [4.78, 5) is 35.0. The van der Waals surface area contributed by atoms with Crippen LogP contribution in [-0.2, 0) is 19.8 Å². The van der Waals surface area contributed by atoms with Gasteiger partial charge in [0, 0.05) is 75.0 Å². The van der Waals surface area contributed by atoms with Gasteiger partial charge in [-0.1, -0.05) is 12.1 Å². The Balaban J connectivity index is 1.25. The van der Waals surface area contributed by atoms with Crippen molar-refractivity contribution < 1.29 is 22.7 Å². The number of rotatable bonds is 7. The number of nitrogens with one attached hydrogen (secondary N) is 1. The Morgan fingerprint density at radius 2 is 1.73 bits per heavy atom. The molecule has 0 saturated carbocycles. The number of likely N-dealkylation sites (N-methyl/N-ethyl adjacent to an activating group) is 1. The molecule has 232 valence electrons. The van der Waals surface area contributed by atoms with Crippen molar-refractivity contribution in [1.29, 1.82) is 0 Å². The first-order chi connectivity index (χ1) is 21.5. The molecule has 0 spiro atoms. The zero-order valence-corrected chi connectivity index (χ0v) is 25.0. The van der Waals surface area contributed by atoms with Crippen molar-refractivity contribution in [3.05, 3.63) is 89.5 Å². The van der Waals surface area contributed by atoms with Gasteiger partial charge >= 0.3 is 6.18 Å². The number of piperazine rings is 1. The van der Waals surface area contributed by atoms with Crippen LogP contribution in [0.15, 0.2) is 67.3 Å². The van der Waals surface area contributed by atoms with E-state index in [1.165, 1.54) is 12.1 Å². The fourth-order valence-electron chi connectivity index (χ4n) is 5.15. The monoisotopic (exact) mass is 616 g/mol. The van der Waals surface area contributed by atoms with Gasteiger partial charge in [0.2, 0.25) is 0 Å². The van der Waals surface area contributed by atoms with E-state index in [-0.39, 0.29) is 23.6 Å². The molecule has 3 aromatic heterocycles. The molecule has 1 saturated heterocycles. The van der Waals surface area contributed by atoms with Crippen LogP contribution in [0.1, 0.15) is 27.0 Å². The van der Waals surface area contributed by atoms with Crippen molar-refractivity contribution in [2.24, 2.45) is 7.05 Å². The van der Waals surface area contributed by atoms with Crippen LogP contribution in [0.2, 0.25) is 0 Å². The number of halogens is 3. The summed E-state index contributed by atoms with van der Waals surface area (Å²) in [6, 6.07) is 12.4. The summed E-state index contributed by atoms with van der Waals surface area (Å²) in [6.07, 6.45) is 0.279. The van der Waals surface area contributed by atoms with Crippen molar-refractivity contribution >= 4 is 22.8 Å². The molecule has 0 aliphatic carbocycles. The van der Waals surface area contributed by atoms with Gasteiger partial charge in [0.15, 0.2) is 17.0 Å². The summed E-state index contributed by atoms with van der Waals surface area (Å²) in [5.74, 6) is 0.307. The molecule has 5 aromatic rings. The minimum atomic E-state index is -4.61. The second-order valence-corrected chi connectivity index (χ2v) is 11.1. The number of ether oxygens (including phenoxy) is 1. The smallest absolute Gasteiger partial charge is 0.416 e. The average molecular weight is 617 g/mol. The van der Waals surface area contributed by atoms with Gasteiger partial charge < -0.3 is 19.5 Å². The average Bonchev–Trinajstić information content (AvgIpc) is 3.40. The highest BCUT2D eigenvalue weighted by molar-refractivity contribution is 6.05. The predicted octanol–water partition coefficient (Wildman–Crippen LogP) is 5.54. The minimum Gasteiger partial charge on any atom is -0.437 e. The number of hydrogen-bond acceptors (Lipinski definition) is 8. The Kier molecular flexibility index (Phi) is 8.21. The fourth-order valence-corrected chi connectivity index (χ4v) is 5.15. The number of amides is 1. The zero-order valence-electron chi connectivity index (χ0n) is 25.0. The van der Waals surface area contributed by atoms with Gasteiger partial charge in [-0.3, -0.25) is 14.7 Å². The molecule has 4 heterocycles. The van der Waals surface area contributed by atoms with E-state index in [1.54, 1.807) is 60.5 Å². The van der Waals surface area contributed by atoms with Gasteiger partial charge in [0.25, 0.3) is 11.8 Å². The van der Waals surface area contributed by atoms with Crippen LogP contribution in [0.4, 0.5) is 18.9 Å². The number of fused-ring (bicyclic) bond motifs is 1. The van der Waals surface area contributed by atoms with E-state index in [2.05, 4.69) is 30.2 Å². The molecule has 0 unspecified atom stereocenters. The maximum absolute atomic E-state index is 14.1. The molecule has 1 amide bonds. The lowest BCUT2D eigenvalue weighted by atomic mass is 10.0. The maximum Gasteiger partial charge on any atom is 0.416 e. The highest BCUT2D eigenvalue weighted by Gasteiger charge is 2.34. The van der Waals surface area contributed by atoms with E-state index in [4.69, 9.17) is 4.74 Å². The van der Waals surface area contributed by atoms with Crippen LogP contribution in [0.3, 0.4) is 0 Å². The number of carbonyl (C=O) groups is 1. The largest absolute Gasteiger partial charge is 0.437 e. The Labute approximate surface area is 257 Å². The van der Waals surface area contributed by atoms with Gasteiger partial charge in [0.05, 0.1) is 11.9 Å². The molecule has 45 heavy (non-hydrogen) atoms. The molecular weight excluding hydrogens is 585 g/mol. The van der Waals surface area contributed by atoms with Crippen LogP contribution < -0.4 is 10.1 Å². The first kappa shape index (κ1) is 30.2. The van der Waals surface area contributed by atoms with Gasteiger partial charge in [0.1, 0.15) is 5.75 Å². The summed E-state index contributed by atoms with van der Waals surface area (Å²) in [7, 11) is 3.80. The van der Waals surface area contributed by atoms with E-state index >= 15 is 0 Å². The van der Waals surface area contributed by atoms with Crippen LogP contribution in [-0.4, -0.2) is 73.4 Å². The molecule has 1 N–H and O–H groups in total. The molecule has 6 rings (SSSR count). The van der Waals surface area contributed by atoms with Gasteiger partial charge in [-0.15, -0.1) is 0 Å². The number of nitrogens with zero attached hydrogens (tertiary/aromatic N) is 7. The Bertz CT molecular complexity index is 1850. The number of carbonyl (C=O) groups excluding carboxylic acids is 1. The number of benzene rings is 2. The maximum atomic E-state index is 14.1. The molecule has 0 bridgehead atoms. The number of anilines is 1. The highest BCUT2D eigenvalue weighted by atomic mass is 19.4. The summed E-state index contributed by atoms with van der Waals surface area (Å²) < 4.78 is 50.2. The predicted molar refractivity (Wildman–Crippen MR) is 163 cm³/mol. The molecule has 0 radical (unpaired) electrons. The number of imidazole rings is 1. The van der Waals surface area contributed by atoms with E-state index in [9.17, 15) is 18.0 Å². The lowest BCUT2D eigenvalue weighted by Crippen LogP contribution is -2.44. The standard InChI is InChI=1S/C32H31F3N8O2/c1-20-4-7-24(45-31-27-29(42(3)19-37-27)39-28(40-31)21-8-10-36-11-9-21)17-26(20)38-30(44)22-5-6-23(25(16-22)32(33,34)35)18-43-14-12-41(2)13-15-43/h4-11,16-17,19H,12-15,18H2,1-3H3,(H,38,44). The van der Waals surface area contributed by atoms with Crippen LogP contribution in [0, 0.1) is 6.92 Å². The van der Waals surface area contributed by atoms with Gasteiger partial charge in [-0.2, -0.15) is 18.2 Å². The van der Waals surface area contributed by atoms with Crippen molar-refractivity contribution in [1.82, 2.24) is 34.3 Å². The van der Waals surface area contributed by atoms with Gasteiger partial charge in [-0.05, 0) is 55.4 Å². The van der Waals surface area contributed by atoms with Crippen molar-refractivity contribution in [3.63, 3.8) is 0 Å². The third kappa shape index (κ3) is 6.64. The van der Waals surface area contributed by atoms with Crippen molar-refractivity contribution in [2.45, 2.75) is 19.6 Å². The summed E-state index contributed by atoms with van der Waals surface area (Å²) in [5, 5.41) is 2.75. The molecule has 10 nitrogen and oxygen atoms in total. The summed E-state index contributed by atoms with van der Waals surface area (Å²) >= 11 is 0. The lowest BCUT2D eigenvalue weighted by Gasteiger charge is -2.33. The summed E-state index contributed by atoms with van der Waals surface area (Å²) in [6.45, 7) is 4.89. The Morgan fingerprint density at radius 3 is 2.47 bits per heavy atom. The number of aromatic nitrogens is 5. The third-order valence-electron chi connectivity index (χ3n) is 7.81. The number of hydrogen-bond donors (Lipinski definition) is 1. The first-order valence-electron chi connectivity index (χ1n) is 14.4. The Hall–Kier alpha value is -4.88. The second kappa shape index (κ2) is 12.3. The van der Waals surface area contributed by atoms with Crippen molar-refractivity contribution in [3.8, 4) is 23.0 Å².